The first-order valence-corrected chi connectivity index (χ1v) is 11.5. The Morgan fingerprint density at radius 1 is 0.929 bits per heavy atom. The fourth-order valence-corrected chi connectivity index (χ4v) is 3.61. The van der Waals surface area contributed by atoms with Crippen LogP contribution in [0.15, 0.2) is 49.1 Å². The molecule has 158 valence electrons. The molecule has 0 saturated carbocycles. The highest BCUT2D eigenvalue weighted by molar-refractivity contribution is 5.49. The molecule has 1 rings (SSSR count). The zero-order valence-corrected chi connectivity index (χ0v) is 18.1. The highest BCUT2D eigenvalue weighted by Gasteiger charge is 2.11. The Hall–Kier alpha value is -1.38. The van der Waals surface area contributed by atoms with E-state index in [0.717, 1.165) is 18.4 Å². The minimum absolute atomic E-state index is 0.00623. The minimum Gasteiger partial charge on any atom is -0.394 e. The van der Waals surface area contributed by atoms with Crippen molar-refractivity contribution in [2.24, 2.45) is 0 Å². The fraction of sp³-hybridized carbons (Fsp3) is 0.615. The van der Waals surface area contributed by atoms with E-state index in [0.29, 0.717) is 6.04 Å². The van der Waals surface area contributed by atoms with E-state index in [1.807, 2.05) is 24.3 Å². The van der Waals surface area contributed by atoms with Crippen LogP contribution in [-0.2, 0) is 0 Å². The summed E-state index contributed by atoms with van der Waals surface area (Å²) in [5.41, 5.74) is 1.16. The maximum atomic E-state index is 9.73. The van der Waals surface area contributed by atoms with Crippen LogP contribution in [0.2, 0.25) is 0 Å². The summed E-state index contributed by atoms with van der Waals surface area (Å²) in [4.78, 5) is 0. The molecule has 0 bridgehead atoms. The van der Waals surface area contributed by atoms with E-state index in [1.54, 1.807) is 0 Å². The molecule has 2 N–H and O–H groups in total. The van der Waals surface area contributed by atoms with Crippen molar-refractivity contribution in [1.29, 1.82) is 0 Å². The van der Waals surface area contributed by atoms with Gasteiger partial charge < -0.3 is 10.4 Å². The van der Waals surface area contributed by atoms with E-state index in [1.165, 1.54) is 64.2 Å². The summed E-state index contributed by atoms with van der Waals surface area (Å²) in [5.74, 6) is 0. The number of unbranched alkanes of at least 4 members (excludes halogenated alkanes) is 9. The van der Waals surface area contributed by atoms with Gasteiger partial charge in [0, 0.05) is 12.1 Å². The van der Waals surface area contributed by atoms with Crippen molar-refractivity contribution in [3.8, 4) is 0 Å². The Bertz CT molecular complexity index is 496. The van der Waals surface area contributed by atoms with Crippen molar-refractivity contribution in [2.75, 3.05) is 6.61 Å². The maximum Gasteiger partial charge on any atom is 0.0620 e. The molecule has 0 aliphatic rings. The third kappa shape index (κ3) is 12.9. The second-order valence-corrected chi connectivity index (χ2v) is 7.92. The Labute approximate surface area is 174 Å². The van der Waals surface area contributed by atoms with Crippen LogP contribution >= 0.6 is 0 Å². The Balaban J connectivity index is 2.22. The minimum atomic E-state index is -0.00623. The highest BCUT2D eigenvalue weighted by Crippen LogP contribution is 2.13. The summed E-state index contributed by atoms with van der Waals surface area (Å²) in [6.07, 6.45) is 21.9. The summed E-state index contributed by atoms with van der Waals surface area (Å²) >= 11 is 0. The third-order valence-corrected chi connectivity index (χ3v) is 5.32. The van der Waals surface area contributed by atoms with E-state index >= 15 is 0 Å². The molecule has 0 aliphatic heterocycles. The van der Waals surface area contributed by atoms with Crippen LogP contribution in [0.25, 0.3) is 6.08 Å². The lowest BCUT2D eigenvalue weighted by atomic mass is 10.0. The van der Waals surface area contributed by atoms with Crippen LogP contribution in [0.3, 0.4) is 0 Å². The summed E-state index contributed by atoms with van der Waals surface area (Å²) in [5, 5.41) is 13.3. The van der Waals surface area contributed by atoms with E-state index in [9.17, 15) is 5.11 Å². The number of aliphatic hydroxyl groups excluding tert-OH is 1. The van der Waals surface area contributed by atoms with Gasteiger partial charge in [-0.25, -0.2) is 0 Å². The van der Waals surface area contributed by atoms with Crippen molar-refractivity contribution in [3.63, 3.8) is 0 Å². The van der Waals surface area contributed by atoms with Gasteiger partial charge in [-0.05, 0) is 18.4 Å². The quantitative estimate of drug-likeness (QED) is 0.213. The van der Waals surface area contributed by atoms with E-state index in [-0.39, 0.29) is 12.6 Å². The monoisotopic (exact) mass is 385 g/mol. The molecule has 0 aliphatic carbocycles. The fourth-order valence-electron chi connectivity index (χ4n) is 3.61. The van der Waals surface area contributed by atoms with Gasteiger partial charge in [0.25, 0.3) is 0 Å². The SMILES string of the molecule is C=CC[C@H](CCCCCCCCCCCC)N[C@H](/C=C/c1ccccc1)CO. The van der Waals surface area contributed by atoms with Crippen molar-refractivity contribution in [3.05, 3.63) is 54.6 Å². The predicted molar refractivity (Wildman–Crippen MR) is 125 cm³/mol. The van der Waals surface area contributed by atoms with Gasteiger partial charge in [-0.2, -0.15) is 0 Å². The van der Waals surface area contributed by atoms with Gasteiger partial charge in [0.15, 0.2) is 0 Å². The largest absolute Gasteiger partial charge is 0.394 e. The molecule has 1 aromatic rings. The number of benzene rings is 1. The van der Waals surface area contributed by atoms with E-state index < -0.39 is 0 Å². The summed E-state index contributed by atoms with van der Waals surface area (Å²) in [6.45, 7) is 6.30. The van der Waals surface area contributed by atoms with E-state index in [4.69, 9.17) is 0 Å². The number of hydrogen-bond acceptors (Lipinski definition) is 2. The average Bonchev–Trinajstić information content (AvgIpc) is 2.73. The molecular weight excluding hydrogens is 342 g/mol. The van der Waals surface area contributed by atoms with Crippen molar-refractivity contribution < 1.29 is 5.11 Å². The molecule has 0 radical (unpaired) electrons. The van der Waals surface area contributed by atoms with Crippen LogP contribution < -0.4 is 5.32 Å². The molecule has 0 saturated heterocycles. The van der Waals surface area contributed by atoms with Gasteiger partial charge >= 0.3 is 0 Å². The van der Waals surface area contributed by atoms with Crippen molar-refractivity contribution in [1.82, 2.24) is 5.32 Å². The van der Waals surface area contributed by atoms with Crippen LogP contribution in [0.1, 0.15) is 89.5 Å². The predicted octanol–water partition coefficient (Wildman–Crippen LogP) is 6.91. The number of aliphatic hydroxyl groups is 1. The summed E-state index contributed by atoms with van der Waals surface area (Å²) in [7, 11) is 0. The molecule has 0 heterocycles. The van der Waals surface area contributed by atoms with E-state index in [2.05, 4.69) is 43.1 Å². The molecule has 0 aromatic heterocycles. The second kappa shape index (κ2) is 17.7. The van der Waals surface area contributed by atoms with Crippen LogP contribution in [0, 0.1) is 0 Å². The third-order valence-electron chi connectivity index (χ3n) is 5.32. The van der Waals surface area contributed by atoms with Gasteiger partial charge in [0.1, 0.15) is 0 Å². The first-order valence-electron chi connectivity index (χ1n) is 11.5. The van der Waals surface area contributed by atoms with Gasteiger partial charge in [-0.3, -0.25) is 0 Å². The molecule has 1 aromatic carbocycles. The number of nitrogens with one attached hydrogen (secondary N) is 1. The number of hydrogen-bond donors (Lipinski definition) is 2. The lowest BCUT2D eigenvalue weighted by Gasteiger charge is -2.22. The summed E-state index contributed by atoms with van der Waals surface area (Å²) < 4.78 is 0. The van der Waals surface area contributed by atoms with Gasteiger partial charge in [-0.1, -0.05) is 120 Å². The standard InChI is InChI=1S/C26H43NO/c1-3-5-6-7-8-9-10-11-12-16-20-25(17-4-2)27-26(23-28)22-21-24-18-14-13-15-19-24/h4,13-15,18-19,21-22,25-28H,2-3,5-12,16-17,20,23H2,1H3/b22-21+/t25-,26-/m1/s1. The lowest BCUT2D eigenvalue weighted by molar-refractivity contribution is 0.251. The second-order valence-electron chi connectivity index (χ2n) is 7.92. The normalized spacial score (nSPS) is 13.6. The molecule has 2 heteroatoms. The molecule has 28 heavy (non-hydrogen) atoms. The Morgan fingerprint density at radius 2 is 1.54 bits per heavy atom. The number of rotatable bonds is 18. The van der Waals surface area contributed by atoms with Crippen molar-refractivity contribution in [2.45, 2.75) is 96.1 Å². The molecule has 2 atom stereocenters. The zero-order valence-electron chi connectivity index (χ0n) is 18.1. The first kappa shape index (κ1) is 24.7. The Morgan fingerprint density at radius 3 is 2.11 bits per heavy atom. The van der Waals surface area contributed by atoms with Crippen LogP contribution in [-0.4, -0.2) is 23.8 Å². The van der Waals surface area contributed by atoms with Crippen LogP contribution in [0.5, 0.6) is 0 Å². The lowest BCUT2D eigenvalue weighted by Crippen LogP contribution is -2.39. The van der Waals surface area contributed by atoms with Gasteiger partial charge in [0.2, 0.25) is 0 Å². The smallest absolute Gasteiger partial charge is 0.0620 e. The molecular formula is C26H43NO. The van der Waals surface area contributed by atoms with Crippen molar-refractivity contribution >= 4 is 6.08 Å². The zero-order chi connectivity index (χ0) is 20.3. The highest BCUT2D eigenvalue weighted by atomic mass is 16.3. The van der Waals surface area contributed by atoms with Gasteiger partial charge in [0.05, 0.1) is 6.61 Å². The molecule has 0 fully saturated rings. The topological polar surface area (TPSA) is 32.3 Å². The molecule has 0 unspecified atom stereocenters. The molecule has 0 amide bonds. The summed E-state index contributed by atoms with van der Waals surface area (Å²) in [6, 6.07) is 10.6. The first-order chi connectivity index (χ1) is 13.8. The van der Waals surface area contributed by atoms with Crippen LogP contribution in [0.4, 0.5) is 0 Å². The molecule has 0 spiro atoms. The van der Waals surface area contributed by atoms with Gasteiger partial charge in [-0.15, -0.1) is 6.58 Å². The maximum absolute atomic E-state index is 9.73. The average molecular weight is 386 g/mol. The molecule has 2 nitrogen and oxygen atoms in total. The Kier molecular flexibility index (Phi) is 15.6.